The van der Waals surface area contributed by atoms with Crippen molar-refractivity contribution >= 4 is 27.7 Å². The lowest BCUT2D eigenvalue weighted by molar-refractivity contribution is -0.115. The molecule has 1 amide bonds. The molecule has 7 nitrogen and oxygen atoms in total. The second-order valence-electron chi connectivity index (χ2n) is 6.03. The second-order valence-corrected chi connectivity index (χ2v) is 7.55. The van der Waals surface area contributed by atoms with Crippen molar-refractivity contribution in [1.82, 2.24) is 5.16 Å². The first-order chi connectivity index (χ1) is 12.8. The van der Waals surface area contributed by atoms with Gasteiger partial charge in [0.2, 0.25) is 11.8 Å². The maximum absolute atomic E-state index is 12.9. The Morgan fingerprint density at radius 1 is 1.04 bits per heavy atom. The molecule has 0 saturated heterocycles. The number of hydrogen-bond donors (Lipinski definition) is 1. The number of hydrogen-bond acceptors (Lipinski definition) is 5. The summed E-state index contributed by atoms with van der Waals surface area (Å²) in [5.74, 6) is -0.667. The van der Waals surface area contributed by atoms with E-state index in [0.29, 0.717) is 15.6 Å². The van der Waals surface area contributed by atoms with Crippen LogP contribution in [0.3, 0.4) is 0 Å². The average molecular weight is 385 g/mol. The van der Waals surface area contributed by atoms with Crippen molar-refractivity contribution in [3.63, 3.8) is 0 Å². The third-order valence-corrected chi connectivity index (χ3v) is 5.48. The molecule has 0 spiro atoms. The zero-order chi connectivity index (χ0) is 19.6. The fraction of sp³-hybridized carbons (Fsp3) is 0.158. The average Bonchev–Trinajstić information content (AvgIpc) is 2.94. The molecular weight excluding hydrogens is 366 g/mol. The third-order valence-electron chi connectivity index (χ3n) is 4.09. The molecule has 0 unspecified atom stereocenters. The van der Waals surface area contributed by atoms with Crippen LogP contribution in [-0.2, 0) is 15.0 Å². The van der Waals surface area contributed by atoms with Gasteiger partial charge in [-0.15, -0.1) is 0 Å². The fourth-order valence-electron chi connectivity index (χ4n) is 2.61. The summed E-state index contributed by atoms with van der Waals surface area (Å²) >= 11 is 0. The largest absolute Gasteiger partial charge is 0.337 e. The van der Waals surface area contributed by atoms with Gasteiger partial charge in [-0.3, -0.25) is 4.79 Å². The van der Waals surface area contributed by atoms with Crippen LogP contribution in [0.1, 0.15) is 18.2 Å². The maximum atomic E-state index is 12.9. The Labute approximate surface area is 157 Å². The highest BCUT2D eigenvalue weighted by Crippen LogP contribution is 2.28. The van der Waals surface area contributed by atoms with E-state index < -0.39 is 16.1 Å². The van der Waals surface area contributed by atoms with E-state index in [2.05, 4.69) is 9.88 Å². The lowest BCUT2D eigenvalue weighted by Crippen LogP contribution is -2.39. The quantitative estimate of drug-likeness (QED) is 0.723. The van der Waals surface area contributed by atoms with E-state index in [1.807, 2.05) is 36.4 Å². The molecule has 0 aliphatic carbocycles. The number of aryl methyl sites for hydroxylation is 1. The normalized spacial score (nSPS) is 11.2. The smallest absolute Gasteiger partial charge is 0.333 e. The summed E-state index contributed by atoms with van der Waals surface area (Å²) < 4.78 is 33.7. The van der Waals surface area contributed by atoms with Gasteiger partial charge in [0.05, 0.1) is 11.4 Å². The van der Waals surface area contributed by atoms with Crippen molar-refractivity contribution in [2.75, 3.05) is 9.03 Å². The predicted octanol–water partition coefficient (Wildman–Crippen LogP) is 3.67. The van der Waals surface area contributed by atoms with E-state index in [1.54, 1.807) is 32.0 Å². The highest BCUT2D eigenvalue weighted by Gasteiger charge is 2.29. The first-order valence-electron chi connectivity index (χ1n) is 8.21. The van der Waals surface area contributed by atoms with Crippen molar-refractivity contribution in [2.24, 2.45) is 0 Å². The van der Waals surface area contributed by atoms with Crippen LogP contribution in [-0.4, -0.2) is 19.5 Å². The van der Waals surface area contributed by atoms with E-state index in [-0.39, 0.29) is 11.6 Å². The molecule has 140 valence electrons. The summed E-state index contributed by atoms with van der Waals surface area (Å²) in [7, 11) is -4.24. The Bertz CT molecular complexity index is 1080. The summed E-state index contributed by atoms with van der Waals surface area (Å²) in [4.78, 5) is 12.2. The molecule has 3 rings (SSSR count). The highest BCUT2D eigenvalue weighted by atomic mass is 32.2. The molecule has 0 aliphatic heterocycles. The van der Waals surface area contributed by atoms with Crippen LogP contribution in [0.2, 0.25) is 0 Å². The lowest BCUT2D eigenvalue weighted by Gasteiger charge is -2.21. The SMILES string of the molecule is CC(=O)N(c1cccc(-c2ccccc2)c1)S(=O)(=O)Nc1onc(C)c1C. The van der Waals surface area contributed by atoms with Crippen LogP contribution in [0.25, 0.3) is 11.1 Å². The number of benzene rings is 2. The van der Waals surface area contributed by atoms with E-state index in [4.69, 9.17) is 4.52 Å². The Morgan fingerprint density at radius 2 is 1.70 bits per heavy atom. The Hall–Kier alpha value is -3.13. The molecule has 3 aromatic rings. The molecule has 27 heavy (non-hydrogen) atoms. The van der Waals surface area contributed by atoms with Crippen LogP contribution in [0.4, 0.5) is 11.6 Å². The number of amides is 1. The Kier molecular flexibility index (Phi) is 5.00. The first-order valence-corrected chi connectivity index (χ1v) is 9.65. The standard InChI is InChI=1S/C19H19N3O4S/c1-13-14(2)20-26-19(13)21-27(24,25)22(15(3)23)18-11-7-10-17(12-18)16-8-5-4-6-9-16/h4-12,21H,1-3H3. The fourth-order valence-corrected chi connectivity index (χ4v) is 3.85. The van der Waals surface area contributed by atoms with E-state index >= 15 is 0 Å². The summed E-state index contributed by atoms with van der Waals surface area (Å²) in [6.45, 7) is 4.56. The van der Waals surface area contributed by atoms with Gasteiger partial charge in [-0.05, 0) is 37.1 Å². The molecule has 0 saturated carbocycles. The zero-order valence-corrected chi connectivity index (χ0v) is 15.9. The van der Waals surface area contributed by atoms with Gasteiger partial charge in [0.25, 0.3) is 0 Å². The van der Waals surface area contributed by atoms with Crippen molar-refractivity contribution in [3.8, 4) is 11.1 Å². The highest BCUT2D eigenvalue weighted by molar-refractivity contribution is 7.94. The second kappa shape index (κ2) is 7.24. The van der Waals surface area contributed by atoms with Gasteiger partial charge in [-0.1, -0.05) is 47.6 Å². The first kappa shape index (κ1) is 18.7. The number of carbonyl (C=O) groups is 1. The summed E-state index contributed by atoms with van der Waals surface area (Å²) in [6, 6.07) is 16.2. The van der Waals surface area contributed by atoms with Gasteiger partial charge >= 0.3 is 10.2 Å². The van der Waals surface area contributed by atoms with Crippen LogP contribution in [0.5, 0.6) is 0 Å². The molecule has 1 N–H and O–H groups in total. The molecule has 0 aliphatic rings. The number of aromatic nitrogens is 1. The van der Waals surface area contributed by atoms with Gasteiger partial charge in [0.1, 0.15) is 0 Å². The van der Waals surface area contributed by atoms with Crippen LogP contribution < -0.4 is 9.03 Å². The van der Waals surface area contributed by atoms with Crippen LogP contribution in [0, 0.1) is 13.8 Å². The molecule has 0 atom stereocenters. The molecule has 0 radical (unpaired) electrons. The predicted molar refractivity (Wildman–Crippen MR) is 104 cm³/mol. The van der Waals surface area contributed by atoms with Crippen LogP contribution >= 0.6 is 0 Å². The molecule has 8 heteroatoms. The number of carbonyl (C=O) groups excluding carboxylic acids is 1. The molecule has 2 aromatic carbocycles. The number of nitrogens with one attached hydrogen (secondary N) is 1. The van der Waals surface area contributed by atoms with E-state index in [1.165, 1.54) is 6.92 Å². The topological polar surface area (TPSA) is 92.5 Å². The van der Waals surface area contributed by atoms with Gasteiger partial charge in [-0.25, -0.2) is 4.72 Å². The molecule has 1 aromatic heterocycles. The number of rotatable bonds is 5. The minimum absolute atomic E-state index is 0.0158. The molecule has 0 bridgehead atoms. The minimum atomic E-state index is -4.24. The zero-order valence-electron chi connectivity index (χ0n) is 15.1. The summed E-state index contributed by atoms with van der Waals surface area (Å²) in [6.07, 6.45) is 0. The van der Waals surface area contributed by atoms with Crippen molar-refractivity contribution < 1.29 is 17.7 Å². The van der Waals surface area contributed by atoms with Crippen LogP contribution in [0.15, 0.2) is 59.1 Å². The van der Waals surface area contributed by atoms with E-state index in [0.717, 1.165) is 11.1 Å². The Balaban J connectivity index is 2.01. The minimum Gasteiger partial charge on any atom is -0.337 e. The summed E-state index contributed by atoms with van der Waals surface area (Å²) in [5, 5.41) is 3.73. The van der Waals surface area contributed by atoms with Gasteiger partial charge < -0.3 is 4.52 Å². The van der Waals surface area contributed by atoms with Crippen molar-refractivity contribution in [1.29, 1.82) is 0 Å². The van der Waals surface area contributed by atoms with Gasteiger partial charge in [0.15, 0.2) is 0 Å². The molecule has 1 heterocycles. The third kappa shape index (κ3) is 3.85. The molecule has 0 fully saturated rings. The Morgan fingerprint density at radius 3 is 2.30 bits per heavy atom. The number of nitrogens with zero attached hydrogens (tertiary/aromatic N) is 2. The monoisotopic (exact) mass is 385 g/mol. The lowest BCUT2D eigenvalue weighted by atomic mass is 10.1. The van der Waals surface area contributed by atoms with E-state index in [9.17, 15) is 13.2 Å². The van der Waals surface area contributed by atoms with Gasteiger partial charge in [-0.2, -0.15) is 12.7 Å². The maximum Gasteiger partial charge on any atom is 0.333 e. The van der Waals surface area contributed by atoms with Gasteiger partial charge in [0, 0.05) is 12.5 Å². The van der Waals surface area contributed by atoms with Crippen molar-refractivity contribution in [2.45, 2.75) is 20.8 Å². The van der Waals surface area contributed by atoms with Crippen molar-refractivity contribution in [3.05, 3.63) is 65.9 Å². The molecular formula is C19H19N3O4S. The summed E-state index contributed by atoms with van der Waals surface area (Å²) in [5.41, 5.74) is 3.05. The number of anilines is 2.